The van der Waals surface area contributed by atoms with Crippen LogP contribution in [-0.2, 0) is 4.79 Å². The maximum Gasteiger partial charge on any atom is 0.240 e. The number of nitrogens with one attached hydrogen (secondary N) is 1. The first-order valence-corrected chi connectivity index (χ1v) is 6.97. The third-order valence-electron chi connectivity index (χ3n) is 4.68. The van der Waals surface area contributed by atoms with Crippen LogP contribution in [0.3, 0.4) is 0 Å². The Kier molecular flexibility index (Phi) is 3.09. The van der Waals surface area contributed by atoms with Crippen LogP contribution in [0.2, 0.25) is 0 Å². The van der Waals surface area contributed by atoms with E-state index in [0.717, 1.165) is 18.9 Å². The molecule has 2 aliphatic heterocycles. The fourth-order valence-corrected chi connectivity index (χ4v) is 3.83. The zero-order chi connectivity index (χ0) is 11.8. The minimum atomic E-state index is -0.340. The zero-order valence-electron chi connectivity index (χ0n) is 10.3. The van der Waals surface area contributed by atoms with Crippen molar-refractivity contribution in [3.8, 4) is 0 Å². The van der Waals surface area contributed by atoms with Gasteiger partial charge in [-0.3, -0.25) is 4.79 Å². The zero-order valence-corrected chi connectivity index (χ0v) is 10.3. The average molecular weight is 238 g/mol. The van der Waals surface area contributed by atoms with Gasteiger partial charge < -0.3 is 15.3 Å². The number of piperidine rings is 1. The number of β-amino-alcohol motifs (C(OH)–C–C–N with tert-alkyl or cyclic N) is 1. The first-order chi connectivity index (χ1) is 8.25. The van der Waals surface area contributed by atoms with E-state index < -0.39 is 0 Å². The molecule has 2 N–H and O–H groups in total. The minimum Gasteiger partial charge on any atom is -0.392 e. The molecule has 96 valence electrons. The second-order valence-electron chi connectivity index (χ2n) is 5.78. The summed E-state index contributed by atoms with van der Waals surface area (Å²) >= 11 is 0. The van der Waals surface area contributed by atoms with Crippen molar-refractivity contribution < 1.29 is 9.90 Å². The maximum absolute atomic E-state index is 12.4. The first kappa shape index (κ1) is 11.5. The predicted octanol–water partition coefficient (Wildman–Crippen LogP) is 0.500. The Bertz CT molecular complexity index is 308. The SMILES string of the molecule is O=C(C1CC(O)CN1)N1CCCC2CCCC21. The number of carbonyl (C=O) groups excluding carboxylic acids is 1. The Morgan fingerprint density at radius 2 is 2.06 bits per heavy atom. The molecule has 0 radical (unpaired) electrons. The summed E-state index contributed by atoms with van der Waals surface area (Å²) in [6, 6.07) is 0.361. The van der Waals surface area contributed by atoms with Gasteiger partial charge in [0.25, 0.3) is 0 Å². The largest absolute Gasteiger partial charge is 0.392 e. The molecule has 1 saturated carbocycles. The Balaban J connectivity index is 1.68. The molecule has 0 aromatic heterocycles. The fraction of sp³-hybridized carbons (Fsp3) is 0.923. The Hall–Kier alpha value is -0.610. The van der Waals surface area contributed by atoms with Crippen molar-refractivity contribution in [2.24, 2.45) is 5.92 Å². The summed E-state index contributed by atoms with van der Waals surface area (Å²) in [5.74, 6) is 0.983. The van der Waals surface area contributed by atoms with Gasteiger partial charge in [0.2, 0.25) is 5.91 Å². The minimum absolute atomic E-state index is 0.135. The Labute approximate surface area is 102 Å². The molecule has 4 atom stereocenters. The van der Waals surface area contributed by atoms with Crippen LogP contribution in [0.15, 0.2) is 0 Å². The summed E-state index contributed by atoms with van der Waals surface area (Å²) in [6.07, 6.45) is 6.47. The van der Waals surface area contributed by atoms with E-state index in [1.807, 2.05) is 0 Å². The van der Waals surface area contributed by atoms with E-state index in [1.165, 1.54) is 25.7 Å². The van der Waals surface area contributed by atoms with Crippen LogP contribution in [0.4, 0.5) is 0 Å². The molecular formula is C13H22N2O2. The number of nitrogens with zero attached hydrogens (tertiary/aromatic N) is 1. The second-order valence-corrected chi connectivity index (χ2v) is 5.78. The summed E-state index contributed by atoms with van der Waals surface area (Å²) in [5.41, 5.74) is 0. The molecule has 3 fully saturated rings. The lowest BCUT2D eigenvalue weighted by molar-refractivity contribution is -0.137. The number of fused-ring (bicyclic) bond motifs is 1. The van der Waals surface area contributed by atoms with E-state index in [4.69, 9.17) is 0 Å². The summed E-state index contributed by atoms with van der Waals surface area (Å²) in [4.78, 5) is 14.5. The molecule has 4 heteroatoms. The van der Waals surface area contributed by atoms with Crippen LogP contribution < -0.4 is 5.32 Å². The molecule has 4 nitrogen and oxygen atoms in total. The predicted molar refractivity (Wildman–Crippen MR) is 64.5 cm³/mol. The van der Waals surface area contributed by atoms with E-state index in [-0.39, 0.29) is 18.1 Å². The lowest BCUT2D eigenvalue weighted by Crippen LogP contribution is -2.52. The number of carbonyl (C=O) groups is 1. The molecule has 1 aliphatic carbocycles. The van der Waals surface area contributed by atoms with Crippen molar-refractivity contribution in [1.29, 1.82) is 0 Å². The molecule has 2 heterocycles. The van der Waals surface area contributed by atoms with E-state index >= 15 is 0 Å². The van der Waals surface area contributed by atoms with Crippen molar-refractivity contribution in [2.75, 3.05) is 13.1 Å². The molecule has 3 rings (SSSR count). The van der Waals surface area contributed by atoms with Crippen LogP contribution in [0.1, 0.15) is 38.5 Å². The topological polar surface area (TPSA) is 52.6 Å². The molecule has 0 spiro atoms. The number of amides is 1. The van der Waals surface area contributed by atoms with Crippen LogP contribution in [0.25, 0.3) is 0 Å². The van der Waals surface area contributed by atoms with E-state index in [1.54, 1.807) is 0 Å². The van der Waals surface area contributed by atoms with Crippen LogP contribution in [0, 0.1) is 5.92 Å². The number of hydrogen-bond acceptors (Lipinski definition) is 3. The third kappa shape index (κ3) is 2.08. The van der Waals surface area contributed by atoms with Gasteiger partial charge in [-0.2, -0.15) is 0 Å². The van der Waals surface area contributed by atoms with Gasteiger partial charge in [0.05, 0.1) is 12.1 Å². The highest BCUT2D eigenvalue weighted by Gasteiger charge is 2.40. The molecule has 0 aromatic rings. The van der Waals surface area contributed by atoms with Crippen LogP contribution >= 0.6 is 0 Å². The van der Waals surface area contributed by atoms with Gasteiger partial charge in [-0.15, -0.1) is 0 Å². The van der Waals surface area contributed by atoms with Gasteiger partial charge >= 0.3 is 0 Å². The standard InChI is InChI=1S/C13H22N2O2/c16-10-7-11(14-8-10)13(17)15-6-2-4-9-3-1-5-12(9)15/h9-12,14,16H,1-8H2. The number of aliphatic hydroxyl groups is 1. The van der Waals surface area contributed by atoms with Crippen LogP contribution in [0.5, 0.6) is 0 Å². The molecular weight excluding hydrogens is 216 g/mol. The normalized spacial score (nSPS) is 41.6. The van der Waals surface area contributed by atoms with Gasteiger partial charge in [-0.05, 0) is 38.0 Å². The quantitative estimate of drug-likeness (QED) is 0.699. The molecule has 3 aliphatic rings. The van der Waals surface area contributed by atoms with E-state index in [2.05, 4.69) is 10.2 Å². The van der Waals surface area contributed by atoms with Crippen molar-refractivity contribution in [1.82, 2.24) is 10.2 Å². The summed E-state index contributed by atoms with van der Waals surface area (Å²) in [5, 5.41) is 12.6. The van der Waals surface area contributed by atoms with Crippen molar-refractivity contribution in [2.45, 2.75) is 56.7 Å². The van der Waals surface area contributed by atoms with Gasteiger partial charge in [0.15, 0.2) is 0 Å². The summed E-state index contributed by atoms with van der Waals surface area (Å²) < 4.78 is 0. The molecule has 1 amide bonds. The number of likely N-dealkylation sites (tertiary alicyclic amines) is 1. The van der Waals surface area contributed by atoms with Crippen LogP contribution in [-0.4, -0.2) is 47.2 Å². The van der Waals surface area contributed by atoms with E-state index in [0.29, 0.717) is 19.0 Å². The lowest BCUT2D eigenvalue weighted by atomic mass is 9.91. The number of rotatable bonds is 1. The highest BCUT2D eigenvalue weighted by atomic mass is 16.3. The Morgan fingerprint density at radius 3 is 2.82 bits per heavy atom. The highest BCUT2D eigenvalue weighted by molar-refractivity contribution is 5.82. The second kappa shape index (κ2) is 4.58. The average Bonchev–Trinajstić information content (AvgIpc) is 2.95. The number of aliphatic hydroxyl groups excluding tert-OH is 1. The molecule has 0 bridgehead atoms. The van der Waals surface area contributed by atoms with Gasteiger partial charge in [0, 0.05) is 19.1 Å². The Morgan fingerprint density at radius 1 is 1.24 bits per heavy atom. The lowest BCUT2D eigenvalue weighted by Gasteiger charge is -2.39. The van der Waals surface area contributed by atoms with Crippen molar-refractivity contribution in [3.63, 3.8) is 0 Å². The van der Waals surface area contributed by atoms with Gasteiger partial charge in [-0.1, -0.05) is 6.42 Å². The van der Waals surface area contributed by atoms with Crippen molar-refractivity contribution >= 4 is 5.91 Å². The third-order valence-corrected chi connectivity index (χ3v) is 4.68. The summed E-state index contributed by atoms with van der Waals surface area (Å²) in [7, 11) is 0. The van der Waals surface area contributed by atoms with E-state index in [9.17, 15) is 9.90 Å². The van der Waals surface area contributed by atoms with Gasteiger partial charge in [0.1, 0.15) is 0 Å². The van der Waals surface area contributed by atoms with Crippen molar-refractivity contribution in [3.05, 3.63) is 0 Å². The first-order valence-electron chi connectivity index (χ1n) is 6.97. The fourth-order valence-electron chi connectivity index (χ4n) is 3.83. The molecule has 17 heavy (non-hydrogen) atoms. The smallest absolute Gasteiger partial charge is 0.240 e. The highest BCUT2D eigenvalue weighted by Crippen LogP contribution is 2.37. The summed E-state index contributed by atoms with van der Waals surface area (Å²) in [6.45, 7) is 1.49. The molecule has 4 unspecified atom stereocenters. The maximum atomic E-state index is 12.4. The van der Waals surface area contributed by atoms with Gasteiger partial charge in [-0.25, -0.2) is 0 Å². The molecule has 2 saturated heterocycles. The number of hydrogen-bond donors (Lipinski definition) is 2. The monoisotopic (exact) mass is 238 g/mol. The molecule has 0 aromatic carbocycles.